The van der Waals surface area contributed by atoms with E-state index in [0.717, 1.165) is 34.5 Å². The number of halogens is 3. The Morgan fingerprint density at radius 3 is 2.17 bits per heavy atom. The minimum atomic E-state index is -4.40. The molecule has 1 amide bonds. The van der Waals surface area contributed by atoms with Crippen molar-refractivity contribution < 1.29 is 18.0 Å². The average molecular weight is 510 g/mol. The first-order chi connectivity index (χ1) is 17.2. The third-order valence-electron chi connectivity index (χ3n) is 5.21. The van der Waals surface area contributed by atoms with Crippen LogP contribution in [0.25, 0.3) is 17.1 Å². The molecule has 0 saturated carbocycles. The molecule has 0 aliphatic carbocycles. The number of nitrogens with one attached hydrogen (secondary N) is 1. The Hall–Kier alpha value is -3.92. The van der Waals surface area contributed by atoms with Crippen molar-refractivity contribution in [3.63, 3.8) is 0 Å². The van der Waals surface area contributed by atoms with E-state index < -0.39 is 17.6 Å². The molecule has 1 aromatic heterocycles. The van der Waals surface area contributed by atoms with Crippen molar-refractivity contribution in [3.8, 4) is 17.1 Å². The Morgan fingerprint density at radius 2 is 1.56 bits per heavy atom. The Kier molecular flexibility index (Phi) is 7.54. The van der Waals surface area contributed by atoms with E-state index in [4.69, 9.17) is 0 Å². The van der Waals surface area contributed by atoms with Crippen LogP contribution in [-0.2, 0) is 11.0 Å². The molecule has 6 nitrogen and oxygen atoms in total. The van der Waals surface area contributed by atoms with Gasteiger partial charge in [-0.25, -0.2) is 5.43 Å². The van der Waals surface area contributed by atoms with Gasteiger partial charge in [0.25, 0.3) is 5.91 Å². The predicted molar refractivity (Wildman–Crippen MR) is 134 cm³/mol. The van der Waals surface area contributed by atoms with Crippen LogP contribution in [0.2, 0.25) is 0 Å². The van der Waals surface area contributed by atoms with Crippen molar-refractivity contribution in [3.05, 3.63) is 95.1 Å². The Balaban J connectivity index is 1.46. The fourth-order valence-electron chi connectivity index (χ4n) is 3.28. The van der Waals surface area contributed by atoms with Crippen LogP contribution in [0.1, 0.15) is 22.3 Å². The highest BCUT2D eigenvalue weighted by Crippen LogP contribution is 2.29. The second-order valence-corrected chi connectivity index (χ2v) is 8.99. The Bertz CT molecular complexity index is 1360. The van der Waals surface area contributed by atoms with Gasteiger partial charge in [-0.1, -0.05) is 71.4 Å². The number of alkyl halides is 3. The third-order valence-corrected chi connectivity index (χ3v) is 6.14. The maximum absolute atomic E-state index is 12.7. The SMILES string of the molecule is Cc1ccc(-c2nnc(SCC(=O)N/N=C/c3ccc(C(F)(F)F)cc3)n2-c2ccc(C)cc2)cc1. The monoisotopic (exact) mass is 509 g/mol. The molecule has 0 aliphatic rings. The molecule has 0 aliphatic heterocycles. The zero-order valence-corrected chi connectivity index (χ0v) is 20.3. The van der Waals surface area contributed by atoms with Crippen molar-refractivity contribution in [2.75, 3.05) is 5.75 Å². The molecule has 0 radical (unpaired) electrons. The summed E-state index contributed by atoms with van der Waals surface area (Å²) in [6.07, 6.45) is -3.12. The first-order valence-electron chi connectivity index (χ1n) is 10.9. The number of aromatic nitrogens is 3. The van der Waals surface area contributed by atoms with Crippen molar-refractivity contribution in [1.82, 2.24) is 20.2 Å². The van der Waals surface area contributed by atoms with Gasteiger partial charge in [-0.05, 0) is 43.7 Å². The van der Waals surface area contributed by atoms with Crippen LogP contribution in [0.3, 0.4) is 0 Å². The van der Waals surface area contributed by atoms with Crippen LogP contribution in [-0.4, -0.2) is 32.6 Å². The summed E-state index contributed by atoms with van der Waals surface area (Å²) in [5, 5.41) is 13.1. The molecule has 4 aromatic rings. The molecule has 0 bridgehead atoms. The van der Waals surface area contributed by atoms with Gasteiger partial charge in [0, 0.05) is 11.3 Å². The lowest BCUT2D eigenvalue weighted by atomic mass is 10.1. The zero-order chi connectivity index (χ0) is 25.7. The van der Waals surface area contributed by atoms with Gasteiger partial charge in [0.05, 0.1) is 17.5 Å². The van der Waals surface area contributed by atoms with E-state index in [2.05, 4.69) is 20.7 Å². The number of hydrogen-bond acceptors (Lipinski definition) is 5. The summed E-state index contributed by atoms with van der Waals surface area (Å²) in [6, 6.07) is 20.3. The molecule has 0 unspecified atom stereocenters. The first kappa shape index (κ1) is 25.2. The third kappa shape index (κ3) is 6.19. The van der Waals surface area contributed by atoms with Crippen molar-refractivity contribution in [1.29, 1.82) is 0 Å². The lowest BCUT2D eigenvalue weighted by Gasteiger charge is -2.11. The van der Waals surface area contributed by atoms with Gasteiger partial charge in [0.2, 0.25) is 0 Å². The number of carbonyl (C=O) groups excluding carboxylic acids is 1. The van der Waals surface area contributed by atoms with Gasteiger partial charge < -0.3 is 0 Å². The zero-order valence-electron chi connectivity index (χ0n) is 19.5. The molecule has 10 heteroatoms. The summed E-state index contributed by atoms with van der Waals surface area (Å²) in [6.45, 7) is 4.01. The summed E-state index contributed by atoms with van der Waals surface area (Å²) in [7, 11) is 0. The predicted octanol–water partition coefficient (Wildman–Crippen LogP) is 5.81. The number of hydrazone groups is 1. The molecule has 3 aromatic carbocycles. The average Bonchev–Trinajstić information content (AvgIpc) is 3.27. The van der Waals surface area contributed by atoms with Crippen LogP contribution >= 0.6 is 11.8 Å². The number of thioether (sulfide) groups is 1. The van der Waals surface area contributed by atoms with Gasteiger partial charge in [0.15, 0.2) is 11.0 Å². The highest BCUT2D eigenvalue weighted by atomic mass is 32.2. The molecule has 0 fully saturated rings. The largest absolute Gasteiger partial charge is 0.416 e. The van der Waals surface area contributed by atoms with Crippen LogP contribution in [0.15, 0.2) is 83.1 Å². The number of carbonyl (C=O) groups is 1. The molecule has 36 heavy (non-hydrogen) atoms. The fraction of sp³-hybridized carbons (Fsp3) is 0.154. The topological polar surface area (TPSA) is 72.2 Å². The molecule has 1 heterocycles. The van der Waals surface area contributed by atoms with E-state index in [-0.39, 0.29) is 5.75 Å². The number of rotatable bonds is 7. The summed E-state index contributed by atoms with van der Waals surface area (Å²) in [5.41, 5.74) is 6.07. The van der Waals surface area contributed by atoms with Crippen LogP contribution in [0.5, 0.6) is 0 Å². The molecule has 0 saturated heterocycles. The maximum atomic E-state index is 12.7. The minimum absolute atomic E-state index is 0.0161. The molecule has 0 atom stereocenters. The van der Waals surface area contributed by atoms with Gasteiger partial charge in [-0.15, -0.1) is 10.2 Å². The number of amides is 1. The maximum Gasteiger partial charge on any atom is 0.416 e. The molecule has 184 valence electrons. The van der Waals surface area contributed by atoms with Gasteiger partial charge in [-0.3, -0.25) is 9.36 Å². The highest BCUT2D eigenvalue weighted by molar-refractivity contribution is 7.99. The van der Waals surface area contributed by atoms with E-state index in [0.29, 0.717) is 16.5 Å². The quantitative estimate of drug-likeness (QED) is 0.194. The molecule has 4 rings (SSSR count). The summed E-state index contributed by atoms with van der Waals surface area (Å²) in [4.78, 5) is 12.3. The summed E-state index contributed by atoms with van der Waals surface area (Å²) < 4.78 is 39.9. The molecule has 1 N–H and O–H groups in total. The highest BCUT2D eigenvalue weighted by Gasteiger charge is 2.29. The van der Waals surface area contributed by atoms with Crippen molar-refractivity contribution in [2.45, 2.75) is 25.2 Å². The first-order valence-corrected chi connectivity index (χ1v) is 11.9. The van der Waals surface area contributed by atoms with E-state index in [1.165, 1.54) is 30.1 Å². The summed E-state index contributed by atoms with van der Waals surface area (Å²) in [5.74, 6) is 0.281. The van der Waals surface area contributed by atoms with E-state index in [9.17, 15) is 18.0 Å². The molecule has 0 spiro atoms. The van der Waals surface area contributed by atoms with E-state index in [1.54, 1.807) is 0 Å². The standard InChI is InChI=1S/C26H22F3N5OS/c1-17-3-9-20(10-4-17)24-32-33-25(34(24)22-13-5-18(2)6-14-22)36-16-23(35)31-30-15-19-7-11-21(12-8-19)26(27,28)29/h3-15H,16H2,1-2H3,(H,31,35)/b30-15+. The number of nitrogens with zero attached hydrogens (tertiary/aromatic N) is 4. The fourth-order valence-corrected chi connectivity index (χ4v) is 4.02. The lowest BCUT2D eigenvalue weighted by molar-refractivity contribution is -0.137. The van der Waals surface area contributed by atoms with Crippen LogP contribution < -0.4 is 5.43 Å². The van der Waals surface area contributed by atoms with Crippen molar-refractivity contribution in [2.24, 2.45) is 5.10 Å². The second kappa shape index (κ2) is 10.8. The van der Waals surface area contributed by atoms with Gasteiger partial charge >= 0.3 is 6.18 Å². The smallest absolute Gasteiger partial charge is 0.272 e. The Labute approximate surface area is 210 Å². The van der Waals surface area contributed by atoms with E-state index in [1.807, 2.05) is 66.9 Å². The summed E-state index contributed by atoms with van der Waals surface area (Å²) >= 11 is 1.20. The van der Waals surface area contributed by atoms with Crippen LogP contribution in [0.4, 0.5) is 13.2 Å². The van der Waals surface area contributed by atoms with Crippen LogP contribution in [0, 0.1) is 13.8 Å². The minimum Gasteiger partial charge on any atom is -0.272 e. The normalized spacial score (nSPS) is 11.7. The number of benzene rings is 3. The van der Waals surface area contributed by atoms with E-state index >= 15 is 0 Å². The number of aryl methyl sites for hydroxylation is 2. The second-order valence-electron chi connectivity index (χ2n) is 8.04. The van der Waals surface area contributed by atoms with Crippen molar-refractivity contribution >= 4 is 23.9 Å². The number of hydrogen-bond donors (Lipinski definition) is 1. The van der Waals surface area contributed by atoms with Gasteiger partial charge in [0.1, 0.15) is 0 Å². The lowest BCUT2D eigenvalue weighted by Crippen LogP contribution is -2.20. The molecular weight excluding hydrogens is 487 g/mol. The Morgan fingerprint density at radius 1 is 0.944 bits per heavy atom. The molecular formula is C26H22F3N5OS. The van der Waals surface area contributed by atoms with Gasteiger partial charge in [-0.2, -0.15) is 18.3 Å².